The van der Waals surface area contributed by atoms with Gasteiger partial charge in [-0.05, 0) is 24.8 Å². The summed E-state index contributed by atoms with van der Waals surface area (Å²) in [5.41, 5.74) is 0. The number of carbonyl (C=O) groups excluding carboxylic acids is 1. The number of fused-ring (bicyclic) bond motifs is 1. The monoisotopic (exact) mass is 524 g/mol. The van der Waals surface area contributed by atoms with E-state index in [2.05, 4.69) is 33.8 Å². The van der Waals surface area contributed by atoms with Gasteiger partial charge in [0.1, 0.15) is 12.4 Å². The van der Waals surface area contributed by atoms with Crippen LogP contribution in [0.4, 0.5) is 0 Å². The minimum absolute atomic E-state index is 0. The Bertz CT molecular complexity index is 851. The SMILES string of the molecule is CCNC(=NCCOc1cccc2ccccc12)NC1CCN(C(=O)C(C)C)C1.I. The molecule has 3 rings (SSSR count). The zero-order valence-electron chi connectivity index (χ0n) is 18.1. The van der Waals surface area contributed by atoms with Crippen LogP contribution >= 0.6 is 24.0 Å². The second kappa shape index (κ2) is 12.0. The van der Waals surface area contributed by atoms with Crippen LogP contribution in [0.5, 0.6) is 5.75 Å². The standard InChI is InChI=1S/C23H32N4O2.HI/c1-4-24-23(26-19-12-14-27(16-19)22(28)17(2)3)25-13-15-29-21-11-7-9-18-8-5-6-10-20(18)21;/h5-11,17,19H,4,12-16H2,1-3H3,(H2,24,25,26);1H. The van der Waals surface area contributed by atoms with Gasteiger partial charge in [-0.3, -0.25) is 4.79 Å². The van der Waals surface area contributed by atoms with Gasteiger partial charge in [-0.25, -0.2) is 4.99 Å². The van der Waals surface area contributed by atoms with E-state index >= 15 is 0 Å². The highest BCUT2D eigenvalue weighted by atomic mass is 127. The summed E-state index contributed by atoms with van der Waals surface area (Å²) >= 11 is 0. The largest absolute Gasteiger partial charge is 0.491 e. The fourth-order valence-electron chi connectivity index (χ4n) is 3.59. The minimum Gasteiger partial charge on any atom is -0.491 e. The maximum Gasteiger partial charge on any atom is 0.225 e. The maximum atomic E-state index is 12.2. The molecule has 0 radical (unpaired) electrons. The number of nitrogens with one attached hydrogen (secondary N) is 2. The molecule has 0 saturated carbocycles. The van der Waals surface area contributed by atoms with Gasteiger partial charge in [0.15, 0.2) is 5.96 Å². The smallest absolute Gasteiger partial charge is 0.225 e. The van der Waals surface area contributed by atoms with Gasteiger partial charge in [-0.15, -0.1) is 24.0 Å². The average molecular weight is 524 g/mol. The molecular formula is C23H33IN4O2. The molecule has 2 aromatic carbocycles. The molecule has 6 nitrogen and oxygen atoms in total. The van der Waals surface area contributed by atoms with Gasteiger partial charge >= 0.3 is 0 Å². The van der Waals surface area contributed by atoms with Crippen molar-refractivity contribution < 1.29 is 9.53 Å². The van der Waals surface area contributed by atoms with Crippen molar-refractivity contribution in [3.8, 4) is 5.75 Å². The lowest BCUT2D eigenvalue weighted by molar-refractivity contribution is -0.133. The van der Waals surface area contributed by atoms with Crippen molar-refractivity contribution >= 4 is 46.6 Å². The number of amides is 1. The molecule has 1 aliphatic heterocycles. The molecule has 0 spiro atoms. The van der Waals surface area contributed by atoms with Crippen LogP contribution in [0.15, 0.2) is 47.5 Å². The van der Waals surface area contributed by atoms with E-state index in [1.54, 1.807) is 0 Å². The van der Waals surface area contributed by atoms with Crippen molar-refractivity contribution in [2.75, 3.05) is 32.8 Å². The third-order valence-electron chi connectivity index (χ3n) is 5.05. The van der Waals surface area contributed by atoms with Gasteiger partial charge in [0.2, 0.25) is 5.91 Å². The number of hydrogen-bond acceptors (Lipinski definition) is 3. The van der Waals surface area contributed by atoms with E-state index in [1.165, 1.54) is 5.39 Å². The van der Waals surface area contributed by atoms with Gasteiger partial charge < -0.3 is 20.3 Å². The summed E-state index contributed by atoms with van der Waals surface area (Å²) in [6, 6.07) is 14.5. The van der Waals surface area contributed by atoms with Gasteiger partial charge in [0.05, 0.1) is 6.54 Å². The summed E-state index contributed by atoms with van der Waals surface area (Å²) in [6.45, 7) is 9.33. The summed E-state index contributed by atoms with van der Waals surface area (Å²) in [5, 5.41) is 9.03. The zero-order valence-corrected chi connectivity index (χ0v) is 20.4. The Balaban J connectivity index is 0.00000320. The lowest BCUT2D eigenvalue weighted by Crippen LogP contribution is -2.45. The topological polar surface area (TPSA) is 66.0 Å². The molecule has 0 bridgehead atoms. The van der Waals surface area contributed by atoms with Crippen molar-refractivity contribution in [3.05, 3.63) is 42.5 Å². The molecular weight excluding hydrogens is 491 g/mol. The molecule has 1 aliphatic rings. The molecule has 1 unspecified atom stereocenters. The van der Waals surface area contributed by atoms with E-state index in [4.69, 9.17) is 4.74 Å². The number of carbonyl (C=O) groups is 1. The summed E-state index contributed by atoms with van der Waals surface area (Å²) in [5.74, 6) is 1.93. The predicted molar refractivity (Wildman–Crippen MR) is 134 cm³/mol. The van der Waals surface area contributed by atoms with Crippen LogP contribution in [0, 0.1) is 5.92 Å². The average Bonchev–Trinajstić information content (AvgIpc) is 3.19. The van der Waals surface area contributed by atoms with Crippen LogP contribution in [-0.4, -0.2) is 55.6 Å². The fraction of sp³-hybridized carbons (Fsp3) is 0.478. The van der Waals surface area contributed by atoms with Gasteiger partial charge in [0, 0.05) is 37.0 Å². The fourth-order valence-corrected chi connectivity index (χ4v) is 3.59. The molecule has 2 aromatic rings. The number of likely N-dealkylation sites (tertiary alicyclic amines) is 1. The summed E-state index contributed by atoms with van der Waals surface area (Å²) in [4.78, 5) is 18.8. The van der Waals surface area contributed by atoms with Crippen molar-refractivity contribution in [2.24, 2.45) is 10.9 Å². The normalized spacial score (nSPS) is 16.5. The highest BCUT2D eigenvalue weighted by Crippen LogP contribution is 2.24. The van der Waals surface area contributed by atoms with E-state index in [9.17, 15) is 4.79 Å². The van der Waals surface area contributed by atoms with E-state index in [1.807, 2.05) is 49.9 Å². The number of guanidine groups is 1. The first-order valence-electron chi connectivity index (χ1n) is 10.5. The van der Waals surface area contributed by atoms with Crippen LogP contribution in [0.3, 0.4) is 0 Å². The number of ether oxygens (including phenoxy) is 1. The first-order chi connectivity index (χ1) is 14.1. The second-order valence-corrected chi connectivity index (χ2v) is 7.66. The second-order valence-electron chi connectivity index (χ2n) is 7.66. The Morgan fingerprint density at radius 3 is 2.77 bits per heavy atom. The van der Waals surface area contributed by atoms with E-state index < -0.39 is 0 Å². The van der Waals surface area contributed by atoms with E-state index in [0.29, 0.717) is 13.2 Å². The molecule has 7 heteroatoms. The summed E-state index contributed by atoms with van der Waals surface area (Å²) < 4.78 is 5.98. The van der Waals surface area contributed by atoms with Gasteiger partial charge in [-0.2, -0.15) is 0 Å². The third kappa shape index (κ3) is 6.48. The van der Waals surface area contributed by atoms with Crippen LogP contribution in [0.2, 0.25) is 0 Å². The van der Waals surface area contributed by atoms with Crippen molar-refractivity contribution in [2.45, 2.75) is 33.2 Å². The molecule has 2 N–H and O–H groups in total. The molecule has 1 atom stereocenters. The number of halogens is 1. The van der Waals surface area contributed by atoms with Crippen LogP contribution in [0.1, 0.15) is 27.2 Å². The Morgan fingerprint density at radius 2 is 2.00 bits per heavy atom. The highest BCUT2D eigenvalue weighted by molar-refractivity contribution is 14.0. The number of hydrogen-bond donors (Lipinski definition) is 2. The number of nitrogens with zero attached hydrogens (tertiary/aromatic N) is 2. The number of rotatable bonds is 7. The Hall–Kier alpha value is -2.03. The molecule has 1 fully saturated rings. The first kappa shape index (κ1) is 24.2. The zero-order chi connectivity index (χ0) is 20.6. The van der Waals surface area contributed by atoms with Crippen LogP contribution in [0.25, 0.3) is 10.8 Å². The summed E-state index contributed by atoms with van der Waals surface area (Å²) in [7, 11) is 0. The first-order valence-corrected chi connectivity index (χ1v) is 10.5. The quantitative estimate of drug-likeness (QED) is 0.251. The molecule has 0 aliphatic carbocycles. The van der Waals surface area contributed by atoms with Crippen LogP contribution < -0.4 is 15.4 Å². The molecule has 1 amide bonds. The highest BCUT2D eigenvalue weighted by Gasteiger charge is 2.27. The predicted octanol–water partition coefficient (Wildman–Crippen LogP) is 3.65. The van der Waals surface area contributed by atoms with E-state index in [-0.39, 0.29) is 41.8 Å². The van der Waals surface area contributed by atoms with E-state index in [0.717, 1.165) is 43.2 Å². The van der Waals surface area contributed by atoms with Gasteiger partial charge in [0.25, 0.3) is 0 Å². The van der Waals surface area contributed by atoms with Crippen LogP contribution in [-0.2, 0) is 4.79 Å². The maximum absolute atomic E-state index is 12.2. The van der Waals surface area contributed by atoms with Crippen molar-refractivity contribution in [1.29, 1.82) is 0 Å². The minimum atomic E-state index is 0. The Kier molecular flexibility index (Phi) is 9.68. The Morgan fingerprint density at radius 1 is 1.23 bits per heavy atom. The molecule has 1 saturated heterocycles. The number of benzene rings is 2. The van der Waals surface area contributed by atoms with Crippen molar-refractivity contribution in [3.63, 3.8) is 0 Å². The third-order valence-corrected chi connectivity index (χ3v) is 5.05. The molecule has 30 heavy (non-hydrogen) atoms. The lowest BCUT2D eigenvalue weighted by Gasteiger charge is -2.20. The van der Waals surface area contributed by atoms with Gasteiger partial charge in [-0.1, -0.05) is 50.2 Å². The summed E-state index contributed by atoms with van der Waals surface area (Å²) in [6.07, 6.45) is 0.940. The molecule has 1 heterocycles. The molecule has 0 aromatic heterocycles. The van der Waals surface area contributed by atoms with Crippen molar-refractivity contribution in [1.82, 2.24) is 15.5 Å². The number of aliphatic imine (C=N–C) groups is 1. The Labute approximate surface area is 196 Å². The molecule has 164 valence electrons. The lowest BCUT2D eigenvalue weighted by atomic mass is 10.1.